The minimum atomic E-state index is -2.68. The van der Waals surface area contributed by atoms with Crippen molar-refractivity contribution in [3.63, 3.8) is 0 Å². The van der Waals surface area contributed by atoms with Crippen LogP contribution in [0.25, 0.3) is 49.7 Å². The first-order valence-electron chi connectivity index (χ1n) is 11.2. The second-order valence-electron chi connectivity index (χ2n) is 8.43. The van der Waals surface area contributed by atoms with E-state index in [0.29, 0.717) is 27.7 Å². The minimum Gasteiger partial charge on any atom is -0.472 e. The maximum Gasteiger partial charge on any atom is 0.281 e. The maximum absolute atomic E-state index is 13.9. The Morgan fingerprint density at radius 2 is 1.95 bits per heavy atom. The fourth-order valence-electron chi connectivity index (χ4n) is 4.36. The van der Waals surface area contributed by atoms with Crippen LogP contribution >= 0.6 is 0 Å². The first-order chi connectivity index (χ1) is 17.9. The molecule has 6 aromatic rings. The van der Waals surface area contributed by atoms with Crippen LogP contribution in [0.1, 0.15) is 5.56 Å². The highest BCUT2D eigenvalue weighted by molar-refractivity contribution is 5.96. The molecule has 2 aromatic carbocycles. The third kappa shape index (κ3) is 3.84. The number of aromatic nitrogens is 6. The summed E-state index contributed by atoms with van der Waals surface area (Å²) < 4.78 is 33.5. The van der Waals surface area contributed by atoms with Crippen LogP contribution in [0.4, 0.5) is 8.78 Å². The summed E-state index contributed by atoms with van der Waals surface area (Å²) in [6, 6.07) is 15.7. The minimum absolute atomic E-state index is 0.0507. The molecule has 0 aliphatic rings. The standard InChI is InChI=1S/C26H17F2N7O2/c1-34-12-15-8-17(3-5-19(15)32-34)35-26(36)24(14-2-4-20-18(9-14)16(10-29)11-30-20)25-21(33-35)6-7-23(31-25)37-13-22(27)28/h2-9,11-12,22,30H,13H2,1H3. The average Bonchev–Trinajstić information content (AvgIpc) is 3.48. The molecule has 0 aliphatic carbocycles. The van der Waals surface area contributed by atoms with Gasteiger partial charge in [-0.05, 0) is 42.0 Å². The largest absolute Gasteiger partial charge is 0.472 e. The summed E-state index contributed by atoms with van der Waals surface area (Å²) in [5.74, 6) is -0.0507. The van der Waals surface area contributed by atoms with Crippen molar-refractivity contribution in [2.45, 2.75) is 6.43 Å². The Kier molecular flexibility index (Phi) is 5.15. The number of alkyl halides is 2. The van der Waals surface area contributed by atoms with E-state index in [1.54, 1.807) is 47.3 Å². The van der Waals surface area contributed by atoms with Gasteiger partial charge in [0.25, 0.3) is 12.0 Å². The number of ether oxygens (including phenoxy) is 1. The van der Waals surface area contributed by atoms with Crippen molar-refractivity contribution < 1.29 is 13.5 Å². The second kappa shape index (κ2) is 8.53. The van der Waals surface area contributed by atoms with Gasteiger partial charge in [0.1, 0.15) is 17.1 Å². The average molecular weight is 497 g/mol. The van der Waals surface area contributed by atoms with Gasteiger partial charge in [-0.1, -0.05) is 6.07 Å². The van der Waals surface area contributed by atoms with E-state index in [1.165, 1.54) is 10.7 Å². The van der Waals surface area contributed by atoms with E-state index in [0.717, 1.165) is 16.4 Å². The van der Waals surface area contributed by atoms with Crippen LogP contribution in [-0.4, -0.2) is 42.6 Å². The van der Waals surface area contributed by atoms with Crippen LogP contribution in [0.2, 0.25) is 0 Å². The summed E-state index contributed by atoms with van der Waals surface area (Å²) >= 11 is 0. The number of halogens is 2. The first kappa shape index (κ1) is 22.4. The van der Waals surface area contributed by atoms with E-state index < -0.39 is 18.6 Å². The molecular formula is C26H17F2N7O2. The quantitative estimate of drug-likeness (QED) is 0.379. The van der Waals surface area contributed by atoms with Crippen molar-refractivity contribution in [2.24, 2.45) is 7.05 Å². The lowest BCUT2D eigenvalue weighted by Crippen LogP contribution is -2.23. The highest BCUT2D eigenvalue weighted by Gasteiger charge is 2.19. The Hall–Kier alpha value is -5.11. The second-order valence-corrected chi connectivity index (χ2v) is 8.43. The van der Waals surface area contributed by atoms with E-state index >= 15 is 0 Å². The Bertz CT molecular complexity index is 1930. The van der Waals surface area contributed by atoms with Gasteiger partial charge in [0.05, 0.1) is 22.3 Å². The monoisotopic (exact) mass is 497 g/mol. The van der Waals surface area contributed by atoms with Crippen LogP contribution in [0, 0.1) is 11.3 Å². The number of aromatic amines is 1. The summed E-state index contributed by atoms with van der Waals surface area (Å²) in [6.45, 7) is -0.829. The summed E-state index contributed by atoms with van der Waals surface area (Å²) in [5.41, 5.74) is 3.23. The molecule has 37 heavy (non-hydrogen) atoms. The normalized spacial score (nSPS) is 11.5. The zero-order valence-corrected chi connectivity index (χ0v) is 19.3. The highest BCUT2D eigenvalue weighted by Crippen LogP contribution is 2.29. The summed E-state index contributed by atoms with van der Waals surface area (Å²) in [4.78, 5) is 21.3. The molecular weight excluding hydrogens is 480 g/mol. The topological polar surface area (TPSA) is 114 Å². The smallest absolute Gasteiger partial charge is 0.281 e. The van der Waals surface area contributed by atoms with Gasteiger partial charge >= 0.3 is 0 Å². The van der Waals surface area contributed by atoms with Gasteiger partial charge < -0.3 is 9.72 Å². The van der Waals surface area contributed by atoms with E-state index in [-0.39, 0.29) is 17.0 Å². The van der Waals surface area contributed by atoms with Gasteiger partial charge in [-0.3, -0.25) is 9.48 Å². The molecule has 4 aromatic heterocycles. The maximum atomic E-state index is 13.9. The van der Waals surface area contributed by atoms with Gasteiger partial charge in [0.2, 0.25) is 5.88 Å². The Morgan fingerprint density at radius 3 is 2.76 bits per heavy atom. The Labute approximate surface area is 207 Å². The third-order valence-electron chi connectivity index (χ3n) is 5.99. The van der Waals surface area contributed by atoms with Gasteiger partial charge in [-0.25, -0.2) is 13.8 Å². The number of hydrogen-bond donors (Lipinski definition) is 1. The van der Waals surface area contributed by atoms with Gasteiger partial charge in [-0.15, -0.1) is 0 Å². The van der Waals surface area contributed by atoms with E-state index in [1.807, 2.05) is 19.3 Å². The molecule has 0 radical (unpaired) electrons. The van der Waals surface area contributed by atoms with Crippen LogP contribution in [0.15, 0.2) is 65.7 Å². The molecule has 0 spiro atoms. The number of pyridine rings is 1. The van der Waals surface area contributed by atoms with Crippen LogP contribution in [0.3, 0.4) is 0 Å². The molecule has 6 rings (SSSR count). The van der Waals surface area contributed by atoms with E-state index in [2.05, 4.69) is 26.2 Å². The van der Waals surface area contributed by atoms with Crippen molar-refractivity contribution >= 4 is 32.8 Å². The zero-order chi connectivity index (χ0) is 25.7. The predicted octanol–water partition coefficient (Wildman–Crippen LogP) is 4.33. The summed E-state index contributed by atoms with van der Waals surface area (Å²) in [7, 11) is 1.81. The molecule has 1 N–H and O–H groups in total. The number of fused-ring (bicyclic) bond motifs is 3. The molecule has 4 heterocycles. The van der Waals surface area contributed by atoms with Gasteiger partial charge in [0.15, 0.2) is 6.61 Å². The number of aryl methyl sites for hydroxylation is 1. The summed E-state index contributed by atoms with van der Waals surface area (Å²) in [6.07, 6.45) is 0.754. The molecule has 0 aliphatic heterocycles. The van der Waals surface area contributed by atoms with Crippen molar-refractivity contribution in [2.75, 3.05) is 6.61 Å². The predicted molar refractivity (Wildman–Crippen MR) is 133 cm³/mol. The highest BCUT2D eigenvalue weighted by atomic mass is 19.3. The van der Waals surface area contributed by atoms with Crippen LogP contribution < -0.4 is 10.3 Å². The fourth-order valence-corrected chi connectivity index (χ4v) is 4.36. The molecule has 0 saturated heterocycles. The number of rotatable bonds is 5. The molecule has 0 fully saturated rings. The van der Waals surface area contributed by atoms with Crippen LogP contribution in [-0.2, 0) is 7.05 Å². The third-order valence-corrected chi connectivity index (χ3v) is 5.99. The number of H-pyrrole nitrogens is 1. The Balaban J connectivity index is 1.62. The van der Waals surface area contributed by atoms with Gasteiger partial charge in [0, 0.05) is 41.8 Å². The summed E-state index contributed by atoms with van der Waals surface area (Å²) in [5, 5.41) is 19.8. The van der Waals surface area contributed by atoms with E-state index in [9.17, 15) is 18.8 Å². The van der Waals surface area contributed by atoms with Crippen LogP contribution in [0.5, 0.6) is 5.88 Å². The molecule has 0 amide bonds. The molecule has 0 saturated carbocycles. The molecule has 9 nitrogen and oxygen atoms in total. The number of nitrogens with zero attached hydrogens (tertiary/aromatic N) is 6. The number of nitriles is 1. The van der Waals surface area contributed by atoms with Gasteiger partial charge in [-0.2, -0.15) is 20.1 Å². The molecule has 11 heteroatoms. The van der Waals surface area contributed by atoms with E-state index in [4.69, 9.17) is 4.74 Å². The van der Waals surface area contributed by atoms with Crippen molar-refractivity contribution in [1.29, 1.82) is 5.26 Å². The van der Waals surface area contributed by atoms with Crippen molar-refractivity contribution in [3.05, 3.63) is 76.8 Å². The molecule has 0 bridgehead atoms. The van der Waals surface area contributed by atoms with Crippen molar-refractivity contribution in [1.82, 2.24) is 29.5 Å². The molecule has 0 unspecified atom stereocenters. The number of benzene rings is 2. The first-order valence-corrected chi connectivity index (χ1v) is 11.2. The lowest BCUT2D eigenvalue weighted by Gasteiger charge is -2.12. The lowest BCUT2D eigenvalue weighted by molar-refractivity contribution is 0.0798. The SMILES string of the molecule is Cn1cc2cc(-n3nc4ccc(OCC(F)F)nc4c(-c4ccc5[nH]cc(C#N)c5c4)c3=O)ccc2n1. The Morgan fingerprint density at radius 1 is 1.11 bits per heavy atom. The lowest BCUT2D eigenvalue weighted by atomic mass is 10.0. The fraction of sp³-hybridized carbons (Fsp3) is 0.115. The van der Waals surface area contributed by atoms with Crippen molar-refractivity contribution in [3.8, 4) is 28.8 Å². The molecule has 0 atom stereocenters. The number of hydrogen-bond acceptors (Lipinski definition) is 6. The number of nitrogens with one attached hydrogen (secondary N) is 1. The zero-order valence-electron chi connectivity index (χ0n) is 19.3. The molecule has 182 valence electrons.